The number of aliphatic carboxylic acids is 1. The van der Waals surface area contributed by atoms with Crippen molar-refractivity contribution in [2.75, 3.05) is 6.54 Å². The number of sulfonamides is 1. The van der Waals surface area contributed by atoms with Gasteiger partial charge in [-0.2, -0.15) is 0 Å². The minimum Gasteiger partial charge on any atom is -0.481 e. The van der Waals surface area contributed by atoms with Gasteiger partial charge in [-0.05, 0) is 37.5 Å². The maximum atomic E-state index is 12.1. The van der Waals surface area contributed by atoms with Gasteiger partial charge in [0, 0.05) is 12.8 Å². The SMILES string of the molecule is Cc1ccc(C)c(S(=O)(=O)NCC(=O)CCCC(=O)O)c1. The summed E-state index contributed by atoms with van der Waals surface area (Å²) in [4.78, 5) is 22.0. The van der Waals surface area contributed by atoms with E-state index in [4.69, 9.17) is 5.11 Å². The lowest BCUT2D eigenvalue weighted by molar-refractivity contribution is -0.137. The average Bonchev–Trinajstić information content (AvgIpc) is 2.39. The fraction of sp³-hybridized carbons (Fsp3) is 0.429. The van der Waals surface area contributed by atoms with E-state index in [0.29, 0.717) is 5.56 Å². The molecule has 0 aliphatic heterocycles. The molecule has 116 valence electrons. The predicted molar refractivity (Wildman–Crippen MR) is 77.6 cm³/mol. The number of Topliss-reactive ketones (excluding diaryl/α,β-unsaturated/α-hetero) is 1. The summed E-state index contributed by atoms with van der Waals surface area (Å²) in [5.41, 5.74) is 1.42. The topological polar surface area (TPSA) is 101 Å². The highest BCUT2D eigenvalue weighted by atomic mass is 32.2. The highest BCUT2D eigenvalue weighted by molar-refractivity contribution is 7.89. The van der Waals surface area contributed by atoms with Crippen LogP contribution in [0.5, 0.6) is 0 Å². The fourth-order valence-corrected chi connectivity index (χ4v) is 3.11. The van der Waals surface area contributed by atoms with E-state index >= 15 is 0 Å². The molecule has 6 nitrogen and oxygen atoms in total. The Kier molecular flexibility index (Phi) is 6.04. The second-order valence-corrected chi connectivity index (χ2v) is 6.61. The Bertz CT molecular complexity index is 637. The Labute approximate surface area is 124 Å². The second-order valence-electron chi connectivity index (χ2n) is 4.88. The number of aryl methyl sites for hydroxylation is 2. The van der Waals surface area contributed by atoms with Crippen LogP contribution in [0.3, 0.4) is 0 Å². The van der Waals surface area contributed by atoms with Crippen LogP contribution in [0.25, 0.3) is 0 Å². The van der Waals surface area contributed by atoms with Crippen molar-refractivity contribution in [2.24, 2.45) is 0 Å². The van der Waals surface area contributed by atoms with Crippen molar-refractivity contribution in [3.63, 3.8) is 0 Å². The minimum absolute atomic E-state index is 0.0433. The predicted octanol–water partition coefficient (Wildman–Crippen LogP) is 1.41. The van der Waals surface area contributed by atoms with Crippen LogP contribution in [0.15, 0.2) is 23.1 Å². The van der Waals surface area contributed by atoms with Crippen molar-refractivity contribution in [1.82, 2.24) is 4.72 Å². The van der Waals surface area contributed by atoms with Crippen molar-refractivity contribution in [3.05, 3.63) is 29.3 Å². The van der Waals surface area contributed by atoms with Gasteiger partial charge in [-0.1, -0.05) is 12.1 Å². The molecule has 1 aromatic rings. The molecular weight excluding hydrogens is 294 g/mol. The molecule has 0 aliphatic carbocycles. The van der Waals surface area contributed by atoms with E-state index < -0.39 is 16.0 Å². The zero-order valence-corrected chi connectivity index (χ0v) is 12.9. The highest BCUT2D eigenvalue weighted by Gasteiger charge is 2.18. The number of rotatable bonds is 8. The number of carboxylic acid groups (broad SMARTS) is 1. The lowest BCUT2D eigenvalue weighted by Crippen LogP contribution is -2.30. The van der Waals surface area contributed by atoms with Gasteiger partial charge in [0.25, 0.3) is 0 Å². The molecule has 0 aliphatic rings. The Morgan fingerprint density at radius 1 is 1.19 bits per heavy atom. The summed E-state index contributed by atoms with van der Waals surface area (Å²) in [5.74, 6) is -1.30. The molecule has 1 aromatic carbocycles. The molecule has 0 spiro atoms. The summed E-state index contributed by atoms with van der Waals surface area (Å²) in [6.45, 7) is 3.15. The Balaban J connectivity index is 2.63. The van der Waals surface area contributed by atoms with Gasteiger partial charge in [0.05, 0.1) is 11.4 Å². The number of hydrogen-bond donors (Lipinski definition) is 2. The van der Waals surface area contributed by atoms with E-state index in [1.165, 1.54) is 0 Å². The molecule has 7 heteroatoms. The lowest BCUT2D eigenvalue weighted by Gasteiger charge is -2.09. The third-order valence-corrected chi connectivity index (χ3v) is 4.48. The molecule has 0 amide bonds. The number of ketones is 1. The van der Waals surface area contributed by atoms with E-state index in [-0.39, 0.29) is 36.5 Å². The molecule has 21 heavy (non-hydrogen) atoms. The van der Waals surface area contributed by atoms with Crippen LogP contribution in [-0.2, 0) is 19.6 Å². The normalized spacial score (nSPS) is 11.3. The minimum atomic E-state index is -3.74. The molecular formula is C14H19NO5S. The summed E-state index contributed by atoms with van der Waals surface area (Å²) < 4.78 is 26.5. The third-order valence-electron chi connectivity index (χ3n) is 2.94. The van der Waals surface area contributed by atoms with Crippen molar-refractivity contribution < 1.29 is 23.1 Å². The third kappa shape index (κ3) is 5.65. The van der Waals surface area contributed by atoms with Gasteiger partial charge < -0.3 is 5.11 Å². The van der Waals surface area contributed by atoms with Crippen LogP contribution in [0.4, 0.5) is 0 Å². The molecule has 0 saturated heterocycles. The number of carbonyl (C=O) groups excluding carboxylic acids is 1. The number of nitrogens with one attached hydrogen (secondary N) is 1. The van der Waals surface area contributed by atoms with Crippen LogP contribution >= 0.6 is 0 Å². The highest BCUT2D eigenvalue weighted by Crippen LogP contribution is 2.16. The number of carbonyl (C=O) groups is 2. The van der Waals surface area contributed by atoms with E-state index in [2.05, 4.69) is 4.72 Å². The number of benzene rings is 1. The largest absolute Gasteiger partial charge is 0.481 e. The summed E-state index contributed by atoms with van der Waals surface area (Å²) in [5, 5.41) is 8.47. The first kappa shape index (κ1) is 17.3. The average molecular weight is 313 g/mol. The van der Waals surface area contributed by atoms with Crippen LogP contribution in [0.1, 0.15) is 30.4 Å². The van der Waals surface area contributed by atoms with Gasteiger partial charge in [-0.25, -0.2) is 13.1 Å². The Hall–Kier alpha value is -1.73. The summed E-state index contributed by atoms with van der Waals surface area (Å²) in [7, 11) is -3.74. The van der Waals surface area contributed by atoms with Crippen LogP contribution in [0, 0.1) is 13.8 Å². The molecule has 2 N–H and O–H groups in total. The molecule has 1 rings (SSSR count). The van der Waals surface area contributed by atoms with Crippen LogP contribution in [0.2, 0.25) is 0 Å². The van der Waals surface area contributed by atoms with Gasteiger partial charge in [0.15, 0.2) is 0 Å². The standard InChI is InChI=1S/C14H19NO5S/c1-10-6-7-11(2)13(8-10)21(19,20)15-9-12(16)4-3-5-14(17)18/h6-8,15H,3-5,9H2,1-2H3,(H,17,18). The fourth-order valence-electron chi connectivity index (χ4n) is 1.78. The van der Waals surface area contributed by atoms with Gasteiger partial charge in [-0.15, -0.1) is 0 Å². The Morgan fingerprint density at radius 3 is 2.48 bits per heavy atom. The number of carboxylic acids is 1. The molecule has 0 aromatic heterocycles. The number of hydrogen-bond acceptors (Lipinski definition) is 4. The maximum absolute atomic E-state index is 12.1. The van der Waals surface area contributed by atoms with E-state index in [1.807, 2.05) is 6.07 Å². The molecule has 0 heterocycles. The summed E-state index contributed by atoms with van der Waals surface area (Å²) >= 11 is 0. The quantitative estimate of drug-likeness (QED) is 0.755. The van der Waals surface area contributed by atoms with Crippen molar-refractivity contribution >= 4 is 21.8 Å². The first-order valence-corrected chi connectivity index (χ1v) is 8.01. The van der Waals surface area contributed by atoms with E-state index in [9.17, 15) is 18.0 Å². The van der Waals surface area contributed by atoms with Crippen LogP contribution in [-0.4, -0.2) is 31.8 Å². The Morgan fingerprint density at radius 2 is 1.86 bits per heavy atom. The van der Waals surface area contributed by atoms with E-state index in [1.54, 1.807) is 26.0 Å². The van der Waals surface area contributed by atoms with Crippen molar-refractivity contribution in [3.8, 4) is 0 Å². The van der Waals surface area contributed by atoms with Crippen molar-refractivity contribution in [1.29, 1.82) is 0 Å². The van der Waals surface area contributed by atoms with Gasteiger partial charge >= 0.3 is 5.97 Å². The lowest BCUT2D eigenvalue weighted by atomic mass is 10.2. The zero-order valence-electron chi connectivity index (χ0n) is 12.0. The smallest absolute Gasteiger partial charge is 0.303 e. The van der Waals surface area contributed by atoms with Gasteiger partial charge in [0.1, 0.15) is 5.78 Å². The van der Waals surface area contributed by atoms with Gasteiger partial charge in [0.2, 0.25) is 10.0 Å². The van der Waals surface area contributed by atoms with Gasteiger partial charge in [-0.3, -0.25) is 9.59 Å². The monoisotopic (exact) mass is 313 g/mol. The molecule has 0 atom stereocenters. The molecule has 0 fully saturated rings. The molecule has 0 unspecified atom stereocenters. The summed E-state index contributed by atoms with van der Waals surface area (Å²) in [6.07, 6.45) is 0.149. The zero-order chi connectivity index (χ0) is 16.0. The maximum Gasteiger partial charge on any atom is 0.303 e. The first-order valence-electron chi connectivity index (χ1n) is 6.53. The molecule has 0 saturated carbocycles. The van der Waals surface area contributed by atoms with Crippen LogP contribution < -0.4 is 4.72 Å². The van der Waals surface area contributed by atoms with Crippen molar-refractivity contribution in [2.45, 2.75) is 38.0 Å². The van der Waals surface area contributed by atoms with E-state index in [0.717, 1.165) is 5.56 Å². The molecule has 0 radical (unpaired) electrons. The summed E-state index contributed by atoms with van der Waals surface area (Å²) in [6, 6.07) is 5.07. The second kappa shape index (κ2) is 7.33. The molecule has 0 bridgehead atoms. The first-order chi connectivity index (χ1) is 9.72.